The molecule has 1 N–H and O–H groups in total. The van der Waals surface area contributed by atoms with Crippen molar-refractivity contribution in [2.75, 3.05) is 26.2 Å². The molecule has 0 unspecified atom stereocenters. The van der Waals surface area contributed by atoms with Crippen molar-refractivity contribution >= 4 is 0 Å². The molecule has 0 aromatic heterocycles. The monoisotopic (exact) mass is 241 g/mol. The van der Waals surface area contributed by atoms with Crippen molar-refractivity contribution in [3.05, 3.63) is 0 Å². The minimum atomic E-state index is -0.302. The number of hydrogen-bond acceptors (Lipinski definition) is 3. The highest BCUT2D eigenvalue weighted by Crippen LogP contribution is 2.21. The van der Waals surface area contributed by atoms with Gasteiger partial charge in [0, 0.05) is 6.54 Å². The van der Waals surface area contributed by atoms with Gasteiger partial charge in [-0.25, -0.2) is 0 Å². The average Bonchev–Trinajstić information content (AvgIpc) is 2.83. The molecule has 100 valence electrons. The Bertz CT molecular complexity index is 208. The molecule has 2 fully saturated rings. The Balaban J connectivity index is 1.58. The van der Waals surface area contributed by atoms with Gasteiger partial charge < -0.3 is 14.7 Å². The smallest absolute Gasteiger partial charge is 0.0900 e. The summed E-state index contributed by atoms with van der Waals surface area (Å²) in [5.41, 5.74) is 0. The van der Waals surface area contributed by atoms with E-state index in [0.29, 0.717) is 12.7 Å². The Labute approximate surface area is 105 Å². The van der Waals surface area contributed by atoms with Crippen LogP contribution in [-0.4, -0.2) is 48.5 Å². The van der Waals surface area contributed by atoms with Gasteiger partial charge in [0.05, 0.1) is 18.8 Å². The van der Waals surface area contributed by atoms with Crippen molar-refractivity contribution in [2.45, 2.75) is 57.7 Å². The predicted molar refractivity (Wildman–Crippen MR) is 69.1 cm³/mol. The van der Waals surface area contributed by atoms with Crippen molar-refractivity contribution in [3.8, 4) is 0 Å². The highest BCUT2D eigenvalue weighted by atomic mass is 16.5. The summed E-state index contributed by atoms with van der Waals surface area (Å²) in [4.78, 5) is 2.38. The van der Waals surface area contributed by atoms with E-state index in [2.05, 4.69) is 11.8 Å². The number of aliphatic hydroxyl groups excluding tert-OH is 1. The van der Waals surface area contributed by atoms with E-state index in [9.17, 15) is 5.11 Å². The zero-order valence-electron chi connectivity index (χ0n) is 11.1. The topological polar surface area (TPSA) is 32.7 Å². The van der Waals surface area contributed by atoms with Crippen LogP contribution in [0.15, 0.2) is 0 Å². The quantitative estimate of drug-likeness (QED) is 0.799. The average molecular weight is 241 g/mol. The van der Waals surface area contributed by atoms with Crippen LogP contribution in [-0.2, 0) is 4.74 Å². The van der Waals surface area contributed by atoms with E-state index >= 15 is 0 Å². The van der Waals surface area contributed by atoms with Crippen molar-refractivity contribution in [1.82, 2.24) is 4.90 Å². The maximum Gasteiger partial charge on any atom is 0.0900 e. The van der Waals surface area contributed by atoms with Crippen molar-refractivity contribution < 1.29 is 9.84 Å². The van der Waals surface area contributed by atoms with Crippen molar-refractivity contribution in [2.24, 2.45) is 5.92 Å². The van der Waals surface area contributed by atoms with Gasteiger partial charge in [-0.3, -0.25) is 0 Å². The van der Waals surface area contributed by atoms with Crippen LogP contribution in [0.5, 0.6) is 0 Å². The van der Waals surface area contributed by atoms with Gasteiger partial charge >= 0.3 is 0 Å². The van der Waals surface area contributed by atoms with E-state index < -0.39 is 0 Å². The standard InChI is InChI=1S/C14H27NO2/c1-12-6-8-15(9-7-12)10-13(16)11-17-14-4-2-3-5-14/h12-14,16H,2-11H2,1H3/t13-/m1/s1. The van der Waals surface area contributed by atoms with E-state index in [0.717, 1.165) is 25.6 Å². The number of likely N-dealkylation sites (tertiary alicyclic amines) is 1. The maximum absolute atomic E-state index is 9.96. The lowest BCUT2D eigenvalue weighted by Gasteiger charge is -2.31. The Morgan fingerprint density at radius 1 is 1.18 bits per heavy atom. The van der Waals surface area contributed by atoms with Crippen LogP contribution in [0.4, 0.5) is 0 Å². The number of nitrogens with zero attached hydrogens (tertiary/aromatic N) is 1. The maximum atomic E-state index is 9.96. The Morgan fingerprint density at radius 3 is 2.47 bits per heavy atom. The summed E-state index contributed by atoms with van der Waals surface area (Å²) >= 11 is 0. The third-order valence-electron chi connectivity index (χ3n) is 4.17. The molecule has 1 heterocycles. The number of ether oxygens (including phenoxy) is 1. The SMILES string of the molecule is CC1CCN(C[C@@H](O)COC2CCCC2)CC1. The molecule has 2 rings (SSSR count). The normalized spacial score (nSPS) is 26.5. The summed E-state index contributed by atoms with van der Waals surface area (Å²) in [6.07, 6.45) is 7.64. The lowest BCUT2D eigenvalue weighted by atomic mass is 9.99. The van der Waals surface area contributed by atoms with Crippen LogP contribution in [0, 0.1) is 5.92 Å². The van der Waals surface area contributed by atoms with Crippen molar-refractivity contribution in [1.29, 1.82) is 0 Å². The number of β-amino-alcohol motifs (C(OH)–C–C–N with tert-alkyl or cyclic N) is 1. The molecule has 0 aromatic carbocycles. The summed E-state index contributed by atoms with van der Waals surface area (Å²) in [6, 6.07) is 0. The zero-order chi connectivity index (χ0) is 12.1. The molecule has 0 amide bonds. The molecule has 0 radical (unpaired) electrons. The largest absolute Gasteiger partial charge is 0.389 e. The van der Waals surface area contributed by atoms with Crippen LogP contribution < -0.4 is 0 Å². The fourth-order valence-corrected chi connectivity index (χ4v) is 2.90. The third kappa shape index (κ3) is 4.57. The van der Waals surface area contributed by atoms with Crippen LogP contribution in [0.2, 0.25) is 0 Å². The molecule has 1 atom stereocenters. The van der Waals surface area contributed by atoms with E-state index in [1.807, 2.05) is 0 Å². The number of rotatable bonds is 5. The summed E-state index contributed by atoms with van der Waals surface area (Å²) in [5.74, 6) is 0.859. The van der Waals surface area contributed by atoms with Gasteiger partial charge in [-0.1, -0.05) is 19.8 Å². The predicted octanol–water partition coefficient (Wildman–Crippen LogP) is 2.04. The van der Waals surface area contributed by atoms with Gasteiger partial charge in [-0.05, 0) is 44.7 Å². The van der Waals surface area contributed by atoms with Gasteiger partial charge in [0.15, 0.2) is 0 Å². The molecule has 0 bridgehead atoms. The third-order valence-corrected chi connectivity index (χ3v) is 4.17. The Morgan fingerprint density at radius 2 is 1.82 bits per heavy atom. The molecule has 17 heavy (non-hydrogen) atoms. The van der Waals surface area contributed by atoms with E-state index in [4.69, 9.17) is 4.74 Å². The number of hydrogen-bond donors (Lipinski definition) is 1. The second-order valence-corrected chi connectivity index (χ2v) is 5.88. The lowest BCUT2D eigenvalue weighted by molar-refractivity contribution is -0.0214. The molecule has 3 nitrogen and oxygen atoms in total. The molecule has 1 saturated carbocycles. The fraction of sp³-hybridized carbons (Fsp3) is 1.00. The van der Waals surface area contributed by atoms with E-state index in [-0.39, 0.29) is 6.10 Å². The van der Waals surface area contributed by atoms with Gasteiger partial charge in [0.25, 0.3) is 0 Å². The van der Waals surface area contributed by atoms with Crippen LogP contribution in [0.1, 0.15) is 45.4 Å². The van der Waals surface area contributed by atoms with Gasteiger partial charge in [0.1, 0.15) is 0 Å². The molecule has 1 aliphatic heterocycles. The Kier molecular flexibility index (Phi) is 5.26. The first kappa shape index (κ1) is 13.3. The highest BCUT2D eigenvalue weighted by molar-refractivity contribution is 4.73. The van der Waals surface area contributed by atoms with Gasteiger partial charge in [-0.15, -0.1) is 0 Å². The van der Waals surface area contributed by atoms with E-state index in [1.165, 1.54) is 38.5 Å². The number of piperidine rings is 1. The van der Waals surface area contributed by atoms with Gasteiger partial charge in [0.2, 0.25) is 0 Å². The second-order valence-electron chi connectivity index (χ2n) is 5.88. The van der Waals surface area contributed by atoms with E-state index in [1.54, 1.807) is 0 Å². The summed E-state index contributed by atoms with van der Waals surface area (Å²) < 4.78 is 5.75. The Hall–Kier alpha value is -0.120. The highest BCUT2D eigenvalue weighted by Gasteiger charge is 2.20. The number of aliphatic hydroxyl groups is 1. The van der Waals surface area contributed by atoms with Crippen LogP contribution in [0.25, 0.3) is 0 Å². The molecule has 0 spiro atoms. The van der Waals surface area contributed by atoms with Gasteiger partial charge in [-0.2, -0.15) is 0 Å². The minimum Gasteiger partial charge on any atom is -0.389 e. The second kappa shape index (κ2) is 6.72. The summed E-state index contributed by atoms with van der Waals surface area (Å²) in [5, 5.41) is 9.96. The van der Waals surface area contributed by atoms with Crippen LogP contribution >= 0.6 is 0 Å². The first-order valence-corrected chi connectivity index (χ1v) is 7.26. The minimum absolute atomic E-state index is 0.302. The fourth-order valence-electron chi connectivity index (χ4n) is 2.90. The molecule has 1 saturated heterocycles. The zero-order valence-corrected chi connectivity index (χ0v) is 11.1. The van der Waals surface area contributed by atoms with Crippen LogP contribution in [0.3, 0.4) is 0 Å². The summed E-state index contributed by atoms with van der Waals surface area (Å²) in [6.45, 7) is 5.91. The molecular weight excluding hydrogens is 214 g/mol. The lowest BCUT2D eigenvalue weighted by Crippen LogP contribution is -2.40. The summed E-state index contributed by atoms with van der Waals surface area (Å²) in [7, 11) is 0. The first-order valence-electron chi connectivity index (χ1n) is 7.26. The molecule has 3 heteroatoms. The molecule has 2 aliphatic rings. The first-order chi connectivity index (χ1) is 8.24. The molecule has 0 aromatic rings. The molecule has 1 aliphatic carbocycles. The molecular formula is C14H27NO2. The van der Waals surface area contributed by atoms with Crippen molar-refractivity contribution in [3.63, 3.8) is 0 Å².